The van der Waals surface area contributed by atoms with E-state index in [-0.39, 0.29) is 11.8 Å². The number of hydrogen-bond acceptors (Lipinski definition) is 2. The van der Waals surface area contributed by atoms with E-state index in [4.69, 9.17) is 11.6 Å². The first-order chi connectivity index (χ1) is 11.6. The van der Waals surface area contributed by atoms with E-state index in [0.717, 1.165) is 22.6 Å². The number of rotatable bonds is 2. The Morgan fingerprint density at radius 1 is 1.12 bits per heavy atom. The molecule has 1 amide bonds. The number of nitrogens with zero attached hydrogens (tertiary/aromatic N) is 2. The molecule has 2 aromatic carbocycles. The van der Waals surface area contributed by atoms with Crippen LogP contribution in [0.5, 0.6) is 0 Å². The van der Waals surface area contributed by atoms with Crippen LogP contribution in [0.25, 0.3) is 5.69 Å². The molecule has 3 aromatic rings. The van der Waals surface area contributed by atoms with Crippen molar-refractivity contribution in [2.24, 2.45) is 0 Å². The maximum absolute atomic E-state index is 12.3. The second-order valence-electron chi connectivity index (χ2n) is 6.02. The lowest BCUT2D eigenvalue weighted by molar-refractivity contribution is -0.116. The predicted molar refractivity (Wildman–Crippen MR) is 94.8 cm³/mol. The average molecular weight is 338 g/mol. The third-order valence-corrected chi connectivity index (χ3v) is 4.72. The summed E-state index contributed by atoms with van der Waals surface area (Å²) >= 11 is 6.35. The third-order valence-electron chi connectivity index (χ3n) is 4.38. The van der Waals surface area contributed by atoms with Crippen LogP contribution in [0.4, 0.5) is 5.82 Å². The quantitative estimate of drug-likeness (QED) is 0.757. The molecule has 1 aliphatic heterocycles. The van der Waals surface area contributed by atoms with Gasteiger partial charge in [-0.05, 0) is 30.7 Å². The largest absolute Gasteiger partial charge is 0.310 e. The third kappa shape index (κ3) is 2.49. The van der Waals surface area contributed by atoms with Crippen LogP contribution in [0.1, 0.15) is 29.0 Å². The molecule has 0 saturated heterocycles. The molecule has 1 aromatic heterocycles. The highest BCUT2D eigenvalue weighted by molar-refractivity contribution is 6.31. The zero-order valence-electron chi connectivity index (χ0n) is 13.2. The number of carbonyl (C=O) groups is 1. The summed E-state index contributed by atoms with van der Waals surface area (Å²) in [5.41, 5.74) is 4.04. The minimum atomic E-state index is -0.0818. The minimum Gasteiger partial charge on any atom is -0.310 e. The number of amides is 1. The highest BCUT2D eigenvalue weighted by Crippen LogP contribution is 2.40. The van der Waals surface area contributed by atoms with Crippen molar-refractivity contribution in [1.29, 1.82) is 0 Å². The van der Waals surface area contributed by atoms with Gasteiger partial charge in [0.25, 0.3) is 0 Å². The lowest BCUT2D eigenvalue weighted by Gasteiger charge is -2.24. The summed E-state index contributed by atoms with van der Waals surface area (Å²) in [4.78, 5) is 12.3. The van der Waals surface area contributed by atoms with Crippen LogP contribution in [0.15, 0.2) is 54.7 Å². The smallest absolute Gasteiger partial charge is 0.226 e. The molecule has 0 aliphatic carbocycles. The van der Waals surface area contributed by atoms with Gasteiger partial charge in [0.2, 0.25) is 5.91 Å². The number of aryl methyl sites for hydroxylation is 1. The molecule has 1 atom stereocenters. The lowest BCUT2D eigenvalue weighted by Crippen LogP contribution is -2.24. The summed E-state index contributed by atoms with van der Waals surface area (Å²) in [7, 11) is 0. The van der Waals surface area contributed by atoms with Crippen molar-refractivity contribution in [2.45, 2.75) is 19.3 Å². The maximum Gasteiger partial charge on any atom is 0.226 e. The molecule has 1 N–H and O–H groups in total. The Balaban J connectivity index is 1.83. The Morgan fingerprint density at radius 3 is 2.62 bits per heavy atom. The van der Waals surface area contributed by atoms with Gasteiger partial charge in [-0.1, -0.05) is 47.5 Å². The fourth-order valence-electron chi connectivity index (χ4n) is 3.14. The predicted octanol–water partition coefficient (Wildman–Crippen LogP) is 4.31. The summed E-state index contributed by atoms with van der Waals surface area (Å²) in [6, 6.07) is 15.7. The number of hydrogen-bond donors (Lipinski definition) is 1. The highest BCUT2D eigenvalue weighted by Gasteiger charge is 2.31. The van der Waals surface area contributed by atoms with Gasteiger partial charge in [-0.15, -0.1) is 0 Å². The van der Waals surface area contributed by atoms with Crippen molar-refractivity contribution in [1.82, 2.24) is 9.78 Å². The molecule has 0 radical (unpaired) electrons. The number of aromatic nitrogens is 2. The number of halogens is 1. The van der Waals surface area contributed by atoms with Gasteiger partial charge in [-0.2, -0.15) is 5.10 Å². The second-order valence-corrected chi connectivity index (χ2v) is 6.43. The normalized spacial score (nSPS) is 16.6. The fourth-order valence-corrected chi connectivity index (χ4v) is 3.40. The molecule has 2 heterocycles. The molecule has 0 bridgehead atoms. The average Bonchev–Trinajstić information content (AvgIpc) is 2.99. The second kappa shape index (κ2) is 5.80. The van der Waals surface area contributed by atoms with Crippen LogP contribution < -0.4 is 5.32 Å². The van der Waals surface area contributed by atoms with Crippen molar-refractivity contribution >= 4 is 23.3 Å². The van der Waals surface area contributed by atoms with Crippen LogP contribution >= 0.6 is 11.6 Å². The van der Waals surface area contributed by atoms with Gasteiger partial charge in [-0.3, -0.25) is 4.79 Å². The Hall–Kier alpha value is -2.59. The van der Waals surface area contributed by atoms with E-state index in [0.29, 0.717) is 11.4 Å². The Morgan fingerprint density at radius 2 is 1.88 bits per heavy atom. The van der Waals surface area contributed by atoms with Gasteiger partial charge < -0.3 is 5.32 Å². The molecular weight excluding hydrogens is 322 g/mol. The van der Waals surface area contributed by atoms with E-state index < -0.39 is 0 Å². The van der Waals surface area contributed by atoms with Crippen LogP contribution in [0.2, 0.25) is 5.02 Å². The fraction of sp³-hybridized carbons (Fsp3) is 0.158. The van der Waals surface area contributed by atoms with Gasteiger partial charge in [-0.25, -0.2) is 4.68 Å². The van der Waals surface area contributed by atoms with E-state index in [9.17, 15) is 4.79 Å². The molecule has 5 heteroatoms. The van der Waals surface area contributed by atoms with Gasteiger partial charge >= 0.3 is 0 Å². The van der Waals surface area contributed by atoms with Gasteiger partial charge in [0.1, 0.15) is 5.82 Å². The number of fused-ring (bicyclic) bond motifs is 1. The summed E-state index contributed by atoms with van der Waals surface area (Å²) in [5.74, 6) is 0.614. The van der Waals surface area contributed by atoms with Gasteiger partial charge in [0.15, 0.2) is 0 Å². The number of nitrogens with one attached hydrogen (secondary N) is 1. The van der Waals surface area contributed by atoms with Crippen molar-refractivity contribution in [3.8, 4) is 5.69 Å². The number of carbonyl (C=O) groups excluding carboxylic acids is 1. The molecule has 120 valence electrons. The molecule has 1 unspecified atom stereocenters. The van der Waals surface area contributed by atoms with Crippen LogP contribution in [-0.2, 0) is 4.79 Å². The molecule has 4 nitrogen and oxygen atoms in total. The molecule has 4 rings (SSSR count). The monoisotopic (exact) mass is 337 g/mol. The lowest BCUT2D eigenvalue weighted by atomic mass is 9.87. The van der Waals surface area contributed by atoms with Crippen molar-refractivity contribution in [3.63, 3.8) is 0 Å². The van der Waals surface area contributed by atoms with E-state index >= 15 is 0 Å². The molecule has 0 saturated carbocycles. The first-order valence-corrected chi connectivity index (χ1v) is 8.20. The Kier molecular flexibility index (Phi) is 3.62. The summed E-state index contributed by atoms with van der Waals surface area (Å²) in [5, 5.41) is 8.13. The standard InChI is InChI=1S/C19H16ClN3O/c1-12-6-8-13(9-7-12)23-19-16(11-21-23)15(10-18(24)22-19)14-4-2-3-5-17(14)20/h2-9,11,15H,10H2,1H3,(H,22,24). The SMILES string of the molecule is Cc1ccc(-n2ncc3c2NC(=O)CC3c2ccccc2Cl)cc1. The van der Waals surface area contributed by atoms with Crippen molar-refractivity contribution < 1.29 is 4.79 Å². The van der Waals surface area contributed by atoms with Gasteiger partial charge in [0.05, 0.1) is 11.9 Å². The summed E-state index contributed by atoms with van der Waals surface area (Å²) in [6.07, 6.45) is 2.19. The molecule has 1 aliphatic rings. The Labute approximate surface area is 145 Å². The molecule has 0 fully saturated rings. The van der Waals surface area contributed by atoms with Crippen LogP contribution in [0.3, 0.4) is 0 Å². The van der Waals surface area contributed by atoms with Crippen LogP contribution in [0, 0.1) is 6.92 Å². The zero-order chi connectivity index (χ0) is 16.7. The topological polar surface area (TPSA) is 46.9 Å². The first kappa shape index (κ1) is 15.0. The molecule has 24 heavy (non-hydrogen) atoms. The van der Waals surface area contributed by atoms with Crippen LogP contribution in [-0.4, -0.2) is 15.7 Å². The minimum absolute atomic E-state index is 0.0266. The van der Waals surface area contributed by atoms with Crippen molar-refractivity contribution in [2.75, 3.05) is 5.32 Å². The van der Waals surface area contributed by atoms with E-state index in [1.807, 2.05) is 61.7 Å². The van der Waals surface area contributed by atoms with E-state index in [1.165, 1.54) is 5.56 Å². The Bertz CT molecular complexity index is 915. The molecule has 0 spiro atoms. The molecular formula is C19H16ClN3O. The summed E-state index contributed by atoms with van der Waals surface area (Å²) in [6.45, 7) is 2.04. The van der Waals surface area contributed by atoms with E-state index in [2.05, 4.69) is 10.4 Å². The highest BCUT2D eigenvalue weighted by atomic mass is 35.5. The van der Waals surface area contributed by atoms with Crippen molar-refractivity contribution in [3.05, 3.63) is 76.4 Å². The number of benzene rings is 2. The summed E-state index contributed by atoms with van der Waals surface area (Å²) < 4.78 is 1.77. The van der Waals surface area contributed by atoms with Gasteiger partial charge in [0, 0.05) is 22.9 Å². The number of anilines is 1. The first-order valence-electron chi connectivity index (χ1n) is 7.83. The van der Waals surface area contributed by atoms with E-state index in [1.54, 1.807) is 4.68 Å². The zero-order valence-corrected chi connectivity index (χ0v) is 13.9. The maximum atomic E-state index is 12.3.